The molecule has 12 nitrogen and oxygen atoms in total. The molecule has 0 saturated carbocycles. The van der Waals surface area contributed by atoms with E-state index < -0.39 is 20.5 Å². The number of morpholine rings is 1. The Kier molecular flexibility index (Phi) is 7.43. The molecule has 0 spiro atoms. The summed E-state index contributed by atoms with van der Waals surface area (Å²) >= 11 is 0. The second-order valence-electron chi connectivity index (χ2n) is 8.52. The van der Waals surface area contributed by atoms with Crippen molar-refractivity contribution in [3.8, 4) is 5.69 Å². The number of nitro groups is 1. The minimum Gasteiger partial charge on any atom is -0.374 e. The van der Waals surface area contributed by atoms with Crippen LogP contribution in [0, 0.1) is 17.0 Å². The minimum atomic E-state index is -4.28. The van der Waals surface area contributed by atoms with Gasteiger partial charge in [0.05, 0.1) is 47.5 Å². The topological polar surface area (TPSA) is 142 Å². The molecule has 0 radical (unpaired) electrons. The molecule has 2 aromatic carbocycles. The number of hydrogen-bond donors (Lipinski definition) is 3. The summed E-state index contributed by atoms with van der Waals surface area (Å²) in [6.45, 7) is 5.98. The molecule has 3 aromatic rings. The predicted octanol–water partition coefficient (Wildman–Crippen LogP) is 0.520. The van der Waals surface area contributed by atoms with Crippen molar-refractivity contribution in [3.05, 3.63) is 74.7 Å². The lowest BCUT2D eigenvalue weighted by Crippen LogP contribution is -3.14. The lowest BCUT2D eigenvalue weighted by molar-refractivity contribution is -0.906. The van der Waals surface area contributed by atoms with Gasteiger partial charge in [0.1, 0.15) is 24.5 Å². The molecule has 192 valence electrons. The fraction of sp³-hybridized carbons (Fsp3) is 0.348. The van der Waals surface area contributed by atoms with E-state index in [9.17, 15) is 23.3 Å². The Balaban J connectivity index is 1.57. The summed E-state index contributed by atoms with van der Waals surface area (Å²) in [6.07, 6.45) is 0. The third kappa shape index (κ3) is 5.27. The van der Waals surface area contributed by atoms with Crippen LogP contribution in [0.2, 0.25) is 0 Å². The van der Waals surface area contributed by atoms with Crippen LogP contribution in [-0.2, 0) is 21.8 Å². The van der Waals surface area contributed by atoms with Gasteiger partial charge in [0, 0.05) is 13.1 Å². The van der Waals surface area contributed by atoms with Crippen molar-refractivity contribution in [3.63, 3.8) is 0 Å². The average Bonchev–Trinajstić information content (AvgIpc) is 3.07. The monoisotopic (exact) mass is 517 g/mol. The van der Waals surface area contributed by atoms with E-state index in [4.69, 9.17) is 4.74 Å². The number of rotatable bonds is 9. The van der Waals surface area contributed by atoms with E-state index in [1.807, 2.05) is 6.07 Å². The zero-order valence-corrected chi connectivity index (χ0v) is 20.9. The predicted molar refractivity (Wildman–Crippen MR) is 135 cm³/mol. The Hall–Kier alpha value is -3.68. The number of benzene rings is 2. The molecule has 1 fully saturated rings. The van der Waals surface area contributed by atoms with Crippen LogP contribution in [0.1, 0.15) is 5.69 Å². The molecule has 0 atom stereocenters. The standard InChI is InChI=1S/C23H28N6O6S/c1-17-22(23(30)28(26(17)2)18-6-4-3-5-7-18)25-36(33,34)19-8-9-20(21(16-19)29(31)32)24-10-11-27-12-14-35-15-13-27/h3-9,16,24-25H,10-15H2,1-2H3/p+1. The summed E-state index contributed by atoms with van der Waals surface area (Å²) in [5.74, 6) is 0. The third-order valence-electron chi connectivity index (χ3n) is 6.26. The van der Waals surface area contributed by atoms with Crippen LogP contribution in [0.5, 0.6) is 0 Å². The van der Waals surface area contributed by atoms with Crippen LogP contribution in [0.3, 0.4) is 0 Å². The Morgan fingerprint density at radius 2 is 1.83 bits per heavy atom. The highest BCUT2D eigenvalue weighted by molar-refractivity contribution is 7.92. The molecule has 13 heteroatoms. The van der Waals surface area contributed by atoms with Gasteiger partial charge in [-0.25, -0.2) is 13.1 Å². The number of ether oxygens (including phenoxy) is 1. The highest BCUT2D eigenvalue weighted by Crippen LogP contribution is 2.28. The first kappa shape index (κ1) is 25.4. The largest absolute Gasteiger partial charge is 0.374 e. The molecule has 1 aliphatic rings. The van der Waals surface area contributed by atoms with Crippen LogP contribution in [0.15, 0.2) is 58.2 Å². The van der Waals surface area contributed by atoms with Gasteiger partial charge in [-0.05, 0) is 31.2 Å². The van der Waals surface area contributed by atoms with Gasteiger partial charge in [-0.15, -0.1) is 0 Å². The Bertz CT molecular complexity index is 1410. The van der Waals surface area contributed by atoms with E-state index in [2.05, 4.69) is 10.0 Å². The van der Waals surface area contributed by atoms with E-state index in [1.54, 1.807) is 42.9 Å². The summed E-state index contributed by atoms with van der Waals surface area (Å²) < 4.78 is 36.8. The van der Waals surface area contributed by atoms with E-state index >= 15 is 0 Å². The molecular formula is C23H29N6O6S+. The normalized spacial score (nSPS) is 14.5. The van der Waals surface area contributed by atoms with Crippen LogP contribution in [-0.4, -0.2) is 62.1 Å². The smallest absolute Gasteiger partial charge is 0.296 e. The van der Waals surface area contributed by atoms with E-state index in [-0.39, 0.29) is 22.0 Å². The number of para-hydroxylation sites is 1. The summed E-state index contributed by atoms with van der Waals surface area (Å²) in [4.78, 5) is 25.2. The number of sulfonamides is 1. The molecule has 4 rings (SSSR count). The van der Waals surface area contributed by atoms with E-state index in [0.717, 1.165) is 25.7 Å². The van der Waals surface area contributed by atoms with Crippen molar-refractivity contribution < 1.29 is 23.0 Å². The molecule has 1 aromatic heterocycles. The zero-order chi connectivity index (χ0) is 25.9. The molecule has 1 saturated heterocycles. The third-order valence-corrected chi connectivity index (χ3v) is 7.61. The zero-order valence-electron chi connectivity index (χ0n) is 20.1. The second kappa shape index (κ2) is 10.5. The Labute approximate surface area is 208 Å². The maximum absolute atomic E-state index is 13.1. The lowest BCUT2D eigenvalue weighted by Gasteiger charge is -2.23. The number of aromatic nitrogens is 2. The summed E-state index contributed by atoms with van der Waals surface area (Å²) in [6, 6.07) is 12.5. The lowest BCUT2D eigenvalue weighted by atomic mass is 10.2. The molecular weight excluding hydrogens is 488 g/mol. The van der Waals surface area contributed by atoms with Crippen LogP contribution >= 0.6 is 0 Å². The molecule has 2 heterocycles. The van der Waals surface area contributed by atoms with Gasteiger partial charge in [-0.1, -0.05) is 18.2 Å². The molecule has 0 aliphatic carbocycles. The van der Waals surface area contributed by atoms with Crippen LogP contribution < -0.4 is 20.5 Å². The molecule has 36 heavy (non-hydrogen) atoms. The Morgan fingerprint density at radius 1 is 1.14 bits per heavy atom. The van der Waals surface area contributed by atoms with E-state index in [0.29, 0.717) is 31.1 Å². The first-order valence-electron chi connectivity index (χ1n) is 11.5. The average molecular weight is 518 g/mol. The van der Waals surface area contributed by atoms with Crippen molar-refractivity contribution >= 4 is 27.1 Å². The summed E-state index contributed by atoms with van der Waals surface area (Å²) in [7, 11) is -2.64. The molecule has 0 bridgehead atoms. The van der Waals surface area contributed by atoms with Gasteiger partial charge in [0.15, 0.2) is 0 Å². The van der Waals surface area contributed by atoms with Crippen molar-refractivity contribution in [1.82, 2.24) is 9.36 Å². The quantitative estimate of drug-likeness (QED) is 0.278. The van der Waals surface area contributed by atoms with Gasteiger partial charge < -0.3 is 15.0 Å². The van der Waals surface area contributed by atoms with Gasteiger partial charge in [-0.2, -0.15) is 0 Å². The number of quaternary nitrogens is 1. The molecule has 1 aliphatic heterocycles. The van der Waals surface area contributed by atoms with Crippen molar-refractivity contribution in [1.29, 1.82) is 0 Å². The number of hydrogen-bond acceptors (Lipinski definition) is 7. The summed E-state index contributed by atoms with van der Waals surface area (Å²) in [5.41, 5.74) is 0.160. The Morgan fingerprint density at radius 3 is 2.50 bits per heavy atom. The van der Waals surface area contributed by atoms with Crippen LogP contribution in [0.25, 0.3) is 5.69 Å². The number of anilines is 2. The molecule has 0 amide bonds. The first-order chi connectivity index (χ1) is 17.2. The number of nitro benzene ring substituents is 1. The van der Waals surface area contributed by atoms with Gasteiger partial charge in [-0.3, -0.25) is 24.3 Å². The number of nitrogens with one attached hydrogen (secondary N) is 3. The number of nitrogens with zero attached hydrogens (tertiary/aromatic N) is 3. The first-order valence-corrected chi connectivity index (χ1v) is 13.0. The molecule has 0 unspecified atom stereocenters. The second-order valence-corrected chi connectivity index (χ2v) is 10.2. The van der Waals surface area contributed by atoms with Gasteiger partial charge in [0.25, 0.3) is 21.3 Å². The fourth-order valence-electron chi connectivity index (χ4n) is 4.14. The highest BCUT2D eigenvalue weighted by Gasteiger charge is 2.25. The van der Waals surface area contributed by atoms with Crippen molar-refractivity contribution in [2.24, 2.45) is 7.05 Å². The summed E-state index contributed by atoms with van der Waals surface area (Å²) in [5, 5.41) is 14.8. The maximum atomic E-state index is 13.1. The van der Waals surface area contributed by atoms with Gasteiger partial charge >= 0.3 is 0 Å². The highest BCUT2D eigenvalue weighted by atomic mass is 32.2. The van der Waals surface area contributed by atoms with Crippen LogP contribution in [0.4, 0.5) is 17.1 Å². The fourth-order valence-corrected chi connectivity index (χ4v) is 5.28. The minimum absolute atomic E-state index is 0.125. The van der Waals surface area contributed by atoms with Crippen molar-refractivity contribution in [2.75, 3.05) is 49.4 Å². The van der Waals surface area contributed by atoms with Crippen molar-refractivity contribution in [2.45, 2.75) is 11.8 Å². The van der Waals surface area contributed by atoms with Gasteiger partial charge in [0.2, 0.25) is 0 Å². The molecule has 3 N–H and O–H groups in total. The SMILES string of the molecule is Cc1c(NS(=O)(=O)c2ccc(NCC[NH+]3CCOCC3)c([N+](=O)[O-])c2)c(=O)n(-c2ccccc2)n1C. The maximum Gasteiger partial charge on any atom is 0.296 e. The van der Waals surface area contributed by atoms with E-state index in [1.165, 1.54) is 21.7 Å².